The van der Waals surface area contributed by atoms with Crippen LogP contribution in [0.2, 0.25) is 0 Å². The molecular formula is C17H11FN2O6. The first-order valence-electron chi connectivity index (χ1n) is 7.22. The summed E-state index contributed by atoms with van der Waals surface area (Å²) in [4.78, 5) is 25.5. The van der Waals surface area contributed by atoms with Crippen molar-refractivity contribution in [3.05, 3.63) is 64.1 Å². The zero-order valence-electron chi connectivity index (χ0n) is 13.3. The Hall–Kier alpha value is -3.75. The van der Waals surface area contributed by atoms with E-state index < -0.39 is 22.4 Å². The van der Waals surface area contributed by atoms with Gasteiger partial charge in [-0.25, -0.2) is 9.18 Å². The SMILES string of the molecule is COc1cc2nccc(Oc3ccc([N+](=O)[O-])cc3F)c2cc1C(=O)O. The lowest BCUT2D eigenvalue weighted by Gasteiger charge is -2.11. The molecule has 0 spiro atoms. The van der Waals surface area contributed by atoms with Gasteiger partial charge >= 0.3 is 5.97 Å². The number of nitro groups is 1. The summed E-state index contributed by atoms with van der Waals surface area (Å²) in [6.07, 6.45) is 1.40. The third-order valence-electron chi connectivity index (χ3n) is 3.60. The first-order valence-corrected chi connectivity index (χ1v) is 7.22. The molecule has 3 aromatic rings. The molecule has 0 atom stereocenters. The molecule has 0 bridgehead atoms. The van der Waals surface area contributed by atoms with Crippen molar-refractivity contribution >= 4 is 22.6 Å². The molecule has 0 aliphatic heterocycles. The van der Waals surface area contributed by atoms with Gasteiger partial charge in [0.05, 0.1) is 23.6 Å². The summed E-state index contributed by atoms with van der Waals surface area (Å²) >= 11 is 0. The first-order chi connectivity index (χ1) is 12.4. The molecule has 0 amide bonds. The minimum absolute atomic E-state index is 0.109. The van der Waals surface area contributed by atoms with Crippen molar-refractivity contribution < 1.29 is 28.7 Å². The van der Waals surface area contributed by atoms with Gasteiger partial charge in [0.1, 0.15) is 17.1 Å². The smallest absolute Gasteiger partial charge is 0.339 e. The maximum atomic E-state index is 14.1. The van der Waals surface area contributed by atoms with Gasteiger partial charge in [-0.3, -0.25) is 15.1 Å². The lowest BCUT2D eigenvalue weighted by Crippen LogP contribution is -2.01. The van der Waals surface area contributed by atoms with Crippen LogP contribution in [-0.4, -0.2) is 28.1 Å². The number of hydrogen-bond donors (Lipinski definition) is 1. The highest BCUT2D eigenvalue weighted by Crippen LogP contribution is 2.34. The monoisotopic (exact) mass is 358 g/mol. The second kappa shape index (κ2) is 6.63. The summed E-state index contributed by atoms with van der Waals surface area (Å²) in [5.74, 6) is -2.10. The van der Waals surface area contributed by atoms with Crippen LogP contribution in [0.4, 0.5) is 10.1 Å². The van der Waals surface area contributed by atoms with Crippen LogP contribution in [0.5, 0.6) is 17.2 Å². The maximum Gasteiger partial charge on any atom is 0.339 e. The Morgan fingerprint density at radius 1 is 1.19 bits per heavy atom. The molecule has 8 nitrogen and oxygen atoms in total. The van der Waals surface area contributed by atoms with Gasteiger partial charge in [0.2, 0.25) is 0 Å². The van der Waals surface area contributed by atoms with Crippen molar-refractivity contribution in [3.63, 3.8) is 0 Å². The molecule has 1 heterocycles. The maximum absolute atomic E-state index is 14.1. The first kappa shape index (κ1) is 17.1. The van der Waals surface area contributed by atoms with Gasteiger partial charge in [-0.2, -0.15) is 0 Å². The molecule has 2 aromatic carbocycles. The van der Waals surface area contributed by atoms with E-state index in [1.54, 1.807) is 0 Å². The molecule has 0 aliphatic carbocycles. The molecule has 0 radical (unpaired) electrons. The summed E-state index contributed by atoms with van der Waals surface area (Å²) in [5.41, 5.74) is -0.138. The lowest BCUT2D eigenvalue weighted by molar-refractivity contribution is -0.385. The predicted octanol–water partition coefficient (Wildman–Crippen LogP) is 3.78. The van der Waals surface area contributed by atoms with E-state index in [9.17, 15) is 24.4 Å². The van der Waals surface area contributed by atoms with Crippen LogP contribution in [0.15, 0.2) is 42.6 Å². The average Bonchev–Trinajstić information content (AvgIpc) is 2.62. The molecule has 0 saturated heterocycles. The molecule has 0 unspecified atom stereocenters. The fourth-order valence-corrected chi connectivity index (χ4v) is 2.38. The fourth-order valence-electron chi connectivity index (χ4n) is 2.38. The minimum atomic E-state index is -1.21. The lowest BCUT2D eigenvalue weighted by atomic mass is 10.1. The van der Waals surface area contributed by atoms with E-state index >= 15 is 0 Å². The van der Waals surface area contributed by atoms with E-state index in [1.807, 2.05) is 0 Å². The highest BCUT2D eigenvalue weighted by Gasteiger charge is 2.17. The Morgan fingerprint density at radius 2 is 1.96 bits per heavy atom. The zero-order valence-corrected chi connectivity index (χ0v) is 13.3. The van der Waals surface area contributed by atoms with Gasteiger partial charge in [0, 0.05) is 23.7 Å². The van der Waals surface area contributed by atoms with Gasteiger partial charge in [-0.15, -0.1) is 0 Å². The van der Waals surface area contributed by atoms with Gasteiger partial charge in [-0.05, 0) is 18.2 Å². The van der Waals surface area contributed by atoms with Crippen LogP contribution < -0.4 is 9.47 Å². The van der Waals surface area contributed by atoms with Gasteiger partial charge < -0.3 is 14.6 Å². The number of aromatic nitrogens is 1. The van der Waals surface area contributed by atoms with Crippen molar-refractivity contribution in [3.8, 4) is 17.2 Å². The summed E-state index contributed by atoms with van der Waals surface area (Å²) in [6, 6.07) is 7.14. The Balaban J connectivity index is 2.09. The summed E-state index contributed by atoms with van der Waals surface area (Å²) < 4.78 is 24.6. The van der Waals surface area contributed by atoms with E-state index in [-0.39, 0.29) is 22.8 Å². The topological polar surface area (TPSA) is 112 Å². The van der Waals surface area contributed by atoms with Gasteiger partial charge in [0.25, 0.3) is 5.69 Å². The Morgan fingerprint density at radius 3 is 2.58 bits per heavy atom. The van der Waals surface area contributed by atoms with E-state index in [0.29, 0.717) is 10.9 Å². The molecule has 3 rings (SSSR count). The fraction of sp³-hybridized carbons (Fsp3) is 0.0588. The van der Waals surface area contributed by atoms with Crippen LogP contribution >= 0.6 is 0 Å². The number of pyridine rings is 1. The molecule has 9 heteroatoms. The quantitative estimate of drug-likeness (QED) is 0.545. The van der Waals surface area contributed by atoms with Crippen LogP contribution in [0.25, 0.3) is 10.9 Å². The summed E-state index contributed by atoms with van der Waals surface area (Å²) in [5, 5.41) is 20.3. The number of non-ortho nitro benzene ring substituents is 1. The second-order valence-electron chi connectivity index (χ2n) is 5.16. The highest BCUT2D eigenvalue weighted by molar-refractivity contribution is 5.98. The Kier molecular flexibility index (Phi) is 4.36. The van der Waals surface area contributed by atoms with E-state index in [2.05, 4.69) is 4.98 Å². The van der Waals surface area contributed by atoms with Crippen LogP contribution in [0.3, 0.4) is 0 Å². The number of nitro benzene ring substituents is 1. The highest BCUT2D eigenvalue weighted by atomic mass is 19.1. The van der Waals surface area contributed by atoms with Crippen molar-refractivity contribution in [1.82, 2.24) is 4.98 Å². The number of aromatic carboxylic acids is 1. The molecule has 0 fully saturated rings. The third kappa shape index (κ3) is 3.09. The van der Waals surface area contributed by atoms with Crippen molar-refractivity contribution in [1.29, 1.82) is 0 Å². The number of carbonyl (C=O) groups is 1. The molecule has 26 heavy (non-hydrogen) atoms. The van der Waals surface area contributed by atoms with Crippen molar-refractivity contribution in [2.24, 2.45) is 0 Å². The average molecular weight is 358 g/mol. The predicted molar refractivity (Wildman–Crippen MR) is 88.4 cm³/mol. The Bertz CT molecular complexity index is 1040. The van der Waals surface area contributed by atoms with E-state index in [1.165, 1.54) is 31.5 Å². The summed E-state index contributed by atoms with van der Waals surface area (Å²) in [7, 11) is 1.33. The number of nitrogens with zero attached hydrogens (tertiary/aromatic N) is 2. The minimum Gasteiger partial charge on any atom is -0.496 e. The number of hydrogen-bond acceptors (Lipinski definition) is 6. The van der Waals surface area contributed by atoms with E-state index in [4.69, 9.17) is 9.47 Å². The molecule has 1 N–H and O–H groups in total. The summed E-state index contributed by atoms with van der Waals surface area (Å²) in [6.45, 7) is 0. The normalized spacial score (nSPS) is 10.5. The molecule has 132 valence electrons. The van der Waals surface area contributed by atoms with Crippen LogP contribution in [-0.2, 0) is 0 Å². The zero-order chi connectivity index (χ0) is 18.8. The largest absolute Gasteiger partial charge is 0.496 e. The number of fused-ring (bicyclic) bond motifs is 1. The van der Waals surface area contributed by atoms with Gasteiger partial charge in [-0.1, -0.05) is 0 Å². The third-order valence-corrected chi connectivity index (χ3v) is 3.60. The number of carboxylic acid groups (broad SMARTS) is 1. The molecule has 0 saturated carbocycles. The van der Waals surface area contributed by atoms with Crippen LogP contribution in [0, 0.1) is 15.9 Å². The van der Waals surface area contributed by atoms with Crippen LogP contribution in [0.1, 0.15) is 10.4 Å². The van der Waals surface area contributed by atoms with E-state index in [0.717, 1.165) is 18.2 Å². The number of benzene rings is 2. The van der Waals surface area contributed by atoms with Crippen molar-refractivity contribution in [2.45, 2.75) is 0 Å². The number of methoxy groups -OCH3 is 1. The second-order valence-corrected chi connectivity index (χ2v) is 5.16. The molecule has 0 aliphatic rings. The number of rotatable bonds is 5. The standard InChI is InChI=1S/C17H11FN2O6/c1-25-16-8-13-10(7-11(16)17(21)22)14(4-5-19-13)26-15-3-2-9(20(23)24)6-12(15)18/h2-8H,1H3,(H,21,22). The molecule has 1 aromatic heterocycles. The van der Waals surface area contributed by atoms with Crippen molar-refractivity contribution in [2.75, 3.05) is 7.11 Å². The number of halogens is 1. The number of carboxylic acids is 1. The molecular weight excluding hydrogens is 347 g/mol. The Labute approximate surface area is 145 Å². The van der Waals surface area contributed by atoms with Gasteiger partial charge in [0.15, 0.2) is 11.6 Å². The number of ether oxygens (including phenoxy) is 2.